The van der Waals surface area contributed by atoms with Gasteiger partial charge in [-0.2, -0.15) is 0 Å². The molecule has 1 aromatic rings. The van der Waals surface area contributed by atoms with Crippen molar-refractivity contribution in [3.05, 3.63) is 34.9 Å². The predicted molar refractivity (Wildman–Crippen MR) is 77.6 cm³/mol. The zero-order valence-corrected chi connectivity index (χ0v) is 12.1. The molecule has 0 amide bonds. The molecule has 0 spiro atoms. The first-order valence-corrected chi connectivity index (χ1v) is 7.22. The maximum Gasteiger partial charge on any atom is 0.0408 e. The Morgan fingerprint density at radius 1 is 1.06 bits per heavy atom. The molecular weight excluding hydrogens is 228 g/mol. The van der Waals surface area contributed by atoms with Crippen LogP contribution in [0.3, 0.4) is 0 Å². The highest BCUT2D eigenvalue weighted by molar-refractivity contribution is 6.30. The first-order chi connectivity index (χ1) is 8.09. The molecule has 0 fully saturated rings. The van der Waals surface area contributed by atoms with E-state index in [2.05, 4.69) is 32.9 Å². The van der Waals surface area contributed by atoms with Gasteiger partial charge in [0, 0.05) is 5.02 Å². The van der Waals surface area contributed by atoms with Gasteiger partial charge in [-0.15, -0.1) is 0 Å². The number of rotatable bonds is 7. The highest BCUT2D eigenvalue weighted by Crippen LogP contribution is 2.19. The molecule has 17 heavy (non-hydrogen) atoms. The molecule has 0 aliphatic rings. The van der Waals surface area contributed by atoms with Gasteiger partial charge < -0.3 is 0 Å². The lowest BCUT2D eigenvalue weighted by molar-refractivity contribution is 0.376. The predicted octanol–water partition coefficient (Wildman–Crippen LogP) is 5.74. The van der Waals surface area contributed by atoms with E-state index in [9.17, 15) is 0 Å². The SMILES string of the molecule is CC(C)C(C)CCCCCc1cccc(Cl)c1. The quantitative estimate of drug-likeness (QED) is 0.543. The summed E-state index contributed by atoms with van der Waals surface area (Å²) in [6.07, 6.45) is 6.51. The molecule has 1 heteroatoms. The van der Waals surface area contributed by atoms with Crippen molar-refractivity contribution >= 4 is 11.6 Å². The highest BCUT2D eigenvalue weighted by atomic mass is 35.5. The van der Waals surface area contributed by atoms with Crippen LogP contribution in [-0.4, -0.2) is 0 Å². The number of aryl methyl sites for hydroxylation is 1. The number of hydrogen-bond acceptors (Lipinski definition) is 0. The number of hydrogen-bond donors (Lipinski definition) is 0. The molecule has 0 aliphatic heterocycles. The molecule has 1 atom stereocenters. The van der Waals surface area contributed by atoms with Gasteiger partial charge in [0.05, 0.1) is 0 Å². The van der Waals surface area contributed by atoms with Crippen molar-refractivity contribution in [1.82, 2.24) is 0 Å². The van der Waals surface area contributed by atoms with Crippen molar-refractivity contribution in [3.8, 4) is 0 Å². The third-order valence-corrected chi connectivity index (χ3v) is 3.89. The van der Waals surface area contributed by atoms with Gasteiger partial charge in [-0.3, -0.25) is 0 Å². The van der Waals surface area contributed by atoms with Crippen LogP contribution < -0.4 is 0 Å². The van der Waals surface area contributed by atoms with Gasteiger partial charge in [-0.05, 0) is 42.4 Å². The van der Waals surface area contributed by atoms with E-state index < -0.39 is 0 Å². The second-order valence-electron chi connectivity index (χ2n) is 5.45. The van der Waals surface area contributed by atoms with Crippen molar-refractivity contribution < 1.29 is 0 Å². The fraction of sp³-hybridized carbons (Fsp3) is 0.625. The van der Waals surface area contributed by atoms with Gasteiger partial charge in [0.15, 0.2) is 0 Å². The van der Waals surface area contributed by atoms with E-state index in [1.165, 1.54) is 31.2 Å². The summed E-state index contributed by atoms with van der Waals surface area (Å²) >= 11 is 5.96. The Balaban J connectivity index is 2.12. The Morgan fingerprint density at radius 2 is 1.82 bits per heavy atom. The highest BCUT2D eigenvalue weighted by Gasteiger charge is 2.05. The second-order valence-corrected chi connectivity index (χ2v) is 5.89. The van der Waals surface area contributed by atoms with Crippen molar-refractivity contribution in [2.75, 3.05) is 0 Å². The van der Waals surface area contributed by atoms with E-state index in [0.29, 0.717) is 0 Å². The molecule has 1 aromatic carbocycles. The lowest BCUT2D eigenvalue weighted by Gasteiger charge is -2.14. The summed E-state index contributed by atoms with van der Waals surface area (Å²) in [5, 5.41) is 0.857. The van der Waals surface area contributed by atoms with Crippen molar-refractivity contribution in [2.45, 2.75) is 52.9 Å². The Labute approximate surface area is 111 Å². The van der Waals surface area contributed by atoms with Crippen LogP contribution in [0.15, 0.2) is 24.3 Å². The Bertz CT molecular complexity index is 317. The Kier molecular flexibility index (Phi) is 6.65. The van der Waals surface area contributed by atoms with Crippen molar-refractivity contribution in [3.63, 3.8) is 0 Å². The minimum atomic E-state index is 0.822. The first kappa shape index (κ1) is 14.6. The molecule has 0 saturated carbocycles. The van der Waals surface area contributed by atoms with Crippen LogP contribution in [-0.2, 0) is 6.42 Å². The maximum atomic E-state index is 5.96. The van der Waals surface area contributed by atoms with E-state index in [1.807, 2.05) is 12.1 Å². The fourth-order valence-electron chi connectivity index (χ4n) is 2.00. The number of halogens is 1. The van der Waals surface area contributed by atoms with E-state index in [1.54, 1.807) is 0 Å². The molecule has 0 N–H and O–H groups in total. The van der Waals surface area contributed by atoms with Gasteiger partial charge in [-0.25, -0.2) is 0 Å². The van der Waals surface area contributed by atoms with Gasteiger partial charge in [0.25, 0.3) is 0 Å². The maximum absolute atomic E-state index is 5.96. The molecule has 0 heterocycles. The van der Waals surface area contributed by atoms with Crippen LogP contribution in [0.5, 0.6) is 0 Å². The summed E-state index contributed by atoms with van der Waals surface area (Å²) in [6.45, 7) is 6.99. The van der Waals surface area contributed by atoms with Crippen LogP contribution in [0.2, 0.25) is 5.02 Å². The molecular formula is C16H25Cl. The van der Waals surface area contributed by atoms with E-state index in [0.717, 1.165) is 23.3 Å². The zero-order valence-electron chi connectivity index (χ0n) is 11.4. The lowest BCUT2D eigenvalue weighted by Crippen LogP contribution is -2.03. The van der Waals surface area contributed by atoms with E-state index >= 15 is 0 Å². The minimum Gasteiger partial charge on any atom is -0.0843 e. The summed E-state index contributed by atoms with van der Waals surface area (Å²) in [6, 6.07) is 8.23. The summed E-state index contributed by atoms with van der Waals surface area (Å²) in [5.74, 6) is 1.68. The van der Waals surface area contributed by atoms with Crippen LogP contribution in [0, 0.1) is 11.8 Å². The molecule has 0 radical (unpaired) electrons. The Hall–Kier alpha value is -0.490. The van der Waals surface area contributed by atoms with Gasteiger partial charge in [0.2, 0.25) is 0 Å². The van der Waals surface area contributed by atoms with E-state index in [-0.39, 0.29) is 0 Å². The topological polar surface area (TPSA) is 0 Å². The fourth-order valence-corrected chi connectivity index (χ4v) is 2.21. The smallest absolute Gasteiger partial charge is 0.0408 e. The average Bonchev–Trinajstić information content (AvgIpc) is 2.28. The number of unbranched alkanes of at least 4 members (excludes halogenated alkanes) is 2. The van der Waals surface area contributed by atoms with Gasteiger partial charge >= 0.3 is 0 Å². The molecule has 96 valence electrons. The van der Waals surface area contributed by atoms with Crippen LogP contribution in [0.25, 0.3) is 0 Å². The lowest BCUT2D eigenvalue weighted by atomic mass is 9.92. The monoisotopic (exact) mass is 252 g/mol. The van der Waals surface area contributed by atoms with E-state index in [4.69, 9.17) is 11.6 Å². The van der Waals surface area contributed by atoms with Crippen LogP contribution in [0.4, 0.5) is 0 Å². The molecule has 1 unspecified atom stereocenters. The normalized spacial score (nSPS) is 13.0. The van der Waals surface area contributed by atoms with Crippen LogP contribution >= 0.6 is 11.6 Å². The average molecular weight is 253 g/mol. The molecule has 0 bridgehead atoms. The molecule has 1 rings (SSSR count). The molecule has 0 nitrogen and oxygen atoms in total. The molecule has 0 aromatic heterocycles. The minimum absolute atomic E-state index is 0.822. The largest absolute Gasteiger partial charge is 0.0843 e. The standard InChI is InChI=1S/C16H25Cl/c1-13(2)14(3)8-5-4-6-9-15-10-7-11-16(17)12-15/h7,10-14H,4-6,8-9H2,1-3H3. The third kappa shape index (κ3) is 6.12. The van der Waals surface area contributed by atoms with Crippen LogP contribution in [0.1, 0.15) is 52.0 Å². The summed E-state index contributed by atoms with van der Waals surface area (Å²) in [4.78, 5) is 0. The van der Waals surface area contributed by atoms with Crippen molar-refractivity contribution in [1.29, 1.82) is 0 Å². The summed E-state index contributed by atoms with van der Waals surface area (Å²) in [5.41, 5.74) is 1.37. The summed E-state index contributed by atoms with van der Waals surface area (Å²) < 4.78 is 0. The third-order valence-electron chi connectivity index (χ3n) is 3.65. The zero-order chi connectivity index (χ0) is 12.7. The summed E-state index contributed by atoms with van der Waals surface area (Å²) in [7, 11) is 0. The Morgan fingerprint density at radius 3 is 2.47 bits per heavy atom. The molecule has 0 aliphatic carbocycles. The van der Waals surface area contributed by atoms with Gasteiger partial charge in [-0.1, -0.05) is 63.8 Å². The first-order valence-electron chi connectivity index (χ1n) is 6.84. The molecule has 0 saturated heterocycles. The second kappa shape index (κ2) is 7.76. The van der Waals surface area contributed by atoms with Crippen molar-refractivity contribution in [2.24, 2.45) is 11.8 Å². The number of benzene rings is 1. The van der Waals surface area contributed by atoms with Gasteiger partial charge in [0.1, 0.15) is 0 Å².